The van der Waals surface area contributed by atoms with Crippen LogP contribution in [0.2, 0.25) is 0 Å². The second-order valence-corrected chi connectivity index (χ2v) is 6.96. The second-order valence-electron chi connectivity index (χ2n) is 6.96. The molecule has 9 nitrogen and oxygen atoms in total. The molecule has 1 amide bonds. The lowest BCUT2D eigenvalue weighted by molar-refractivity contribution is -0.123. The number of rotatable bonds is 5. The van der Waals surface area contributed by atoms with Gasteiger partial charge in [-0.3, -0.25) is 9.59 Å². The maximum absolute atomic E-state index is 12.2. The van der Waals surface area contributed by atoms with Gasteiger partial charge in [-0.15, -0.1) is 0 Å². The summed E-state index contributed by atoms with van der Waals surface area (Å²) in [5, 5.41) is 37.6. The number of carbonyl (C=O) groups is 2. The van der Waals surface area contributed by atoms with Gasteiger partial charge in [-0.1, -0.05) is 32.0 Å². The average Bonchev–Trinajstić information content (AvgIpc) is 2.68. The van der Waals surface area contributed by atoms with E-state index in [1.54, 1.807) is 24.3 Å². The van der Waals surface area contributed by atoms with Gasteiger partial charge in [0.15, 0.2) is 0 Å². The zero-order valence-corrected chi connectivity index (χ0v) is 16.6. The molecule has 156 valence electrons. The summed E-state index contributed by atoms with van der Waals surface area (Å²) in [6.45, 7) is 3.69. The molecule has 1 aromatic heterocycles. The Kier molecular flexibility index (Phi) is 7.85. The fourth-order valence-corrected chi connectivity index (χ4v) is 2.89. The molecule has 30 heavy (non-hydrogen) atoms. The van der Waals surface area contributed by atoms with E-state index in [-0.39, 0.29) is 18.3 Å². The van der Waals surface area contributed by atoms with Crippen molar-refractivity contribution in [3.63, 3.8) is 0 Å². The quantitative estimate of drug-likeness (QED) is 0.310. The first kappa shape index (κ1) is 22.8. The number of nitrogen functional groups attached to an aromatic ring is 1. The van der Waals surface area contributed by atoms with Crippen LogP contribution in [0.15, 0.2) is 42.6 Å². The van der Waals surface area contributed by atoms with Crippen molar-refractivity contribution >= 4 is 47.2 Å². The third kappa shape index (κ3) is 5.75. The normalized spacial score (nSPS) is 10.3. The minimum atomic E-state index is -1.61. The number of hydrogen-bond donors (Lipinski definition) is 5. The van der Waals surface area contributed by atoms with Gasteiger partial charge in [-0.2, -0.15) is 10.2 Å². The van der Waals surface area contributed by atoms with Crippen molar-refractivity contribution in [1.29, 1.82) is 0 Å². The predicted molar refractivity (Wildman–Crippen MR) is 116 cm³/mol. The van der Waals surface area contributed by atoms with Gasteiger partial charge in [0.2, 0.25) is 5.91 Å². The van der Waals surface area contributed by atoms with Crippen molar-refractivity contribution in [2.45, 2.75) is 20.3 Å². The SMILES string of the molecule is CC(C)CC(=O)Nc1ccc(B(O)O)cc1-c1ccc2c(N)cnnc2c1.O=CO. The van der Waals surface area contributed by atoms with E-state index in [1.165, 1.54) is 6.20 Å². The van der Waals surface area contributed by atoms with Gasteiger partial charge in [0.1, 0.15) is 0 Å². The molecule has 3 aromatic rings. The monoisotopic (exact) mass is 410 g/mol. The number of carbonyl (C=O) groups excluding carboxylic acids is 1. The van der Waals surface area contributed by atoms with Crippen LogP contribution < -0.4 is 16.5 Å². The summed E-state index contributed by atoms with van der Waals surface area (Å²) in [6, 6.07) is 10.4. The van der Waals surface area contributed by atoms with Crippen molar-refractivity contribution in [3.8, 4) is 11.1 Å². The van der Waals surface area contributed by atoms with Crippen LogP contribution in [-0.4, -0.2) is 44.8 Å². The molecule has 0 aliphatic carbocycles. The summed E-state index contributed by atoms with van der Waals surface area (Å²) in [7, 11) is -1.61. The van der Waals surface area contributed by atoms with Crippen LogP contribution in [0.25, 0.3) is 22.0 Å². The molecule has 1 heterocycles. The number of hydrogen-bond acceptors (Lipinski definition) is 7. The fourth-order valence-electron chi connectivity index (χ4n) is 2.89. The molecule has 10 heteroatoms. The van der Waals surface area contributed by atoms with E-state index in [4.69, 9.17) is 15.6 Å². The van der Waals surface area contributed by atoms with Crippen LogP contribution in [0.5, 0.6) is 0 Å². The second kappa shape index (κ2) is 10.3. The third-order valence-corrected chi connectivity index (χ3v) is 4.19. The lowest BCUT2D eigenvalue weighted by Gasteiger charge is -2.15. The minimum absolute atomic E-state index is 0.103. The number of benzene rings is 2. The van der Waals surface area contributed by atoms with E-state index in [0.29, 0.717) is 34.3 Å². The molecular formula is C20H23BN4O5. The summed E-state index contributed by atoms with van der Waals surface area (Å²) in [6.07, 6.45) is 1.88. The van der Waals surface area contributed by atoms with Gasteiger partial charge in [0, 0.05) is 23.1 Å². The Morgan fingerprint density at radius 1 is 1.23 bits per heavy atom. The largest absolute Gasteiger partial charge is 0.488 e. The van der Waals surface area contributed by atoms with Crippen molar-refractivity contribution in [2.24, 2.45) is 5.92 Å². The van der Waals surface area contributed by atoms with Gasteiger partial charge in [-0.25, -0.2) is 0 Å². The molecule has 0 fully saturated rings. The van der Waals surface area contributed by atoms with Crippen LogP contribution in [0.1, 0.15) is 20.3 Å². The molecule has 0 unspecified atom stereocenters. The molecule has 0 radical (unpaired) electrons. The van der Waals surface area contributed by atoms with Gasteiger partial charge >= 0.3 is 7.12 Å². The Balaban J connectivity index is 0.00000101. The highest BCUT2D eigenvalue weighted by atomic mass is 16.4. The number of anilines is 2. The minimum Gasteiger partial charge on any atom is -0.483 e. The van der Waals surface area contributed by atoms with Gasteiger partial charge < -0.3 is 26.2 Å². The number of fused-ring (bicyclic) bond motifs is 1. The maximum Gasteiger partial charge on any atom is 0.488 e. The molecule has 0 bridgehead atoms. The first-order valence-electron chi connectivity index (χ1n) is 9.15. The van der Waals surface area contributed by atoms with Crippen LogP contribution in [-0.2, 0) is 9.59 Å². The first-order valence-corrected chi connectivity index (χ1v) is 9.15. The topological polar surface area (TPSA) is 159 Å². The lowest BCUT2D eigenvalue weighted by atomic mass is 9.78. The van der Waals surface area contributed by atoms with Gasteiger partial charge in [0.05, 0.1) is 17.4 Å². The van der Waals surface area contributed by atoms with Gasteiger partial charge in [0.25, 0.3) is 6.47 Å². The molecule has 0 saturated carbocycles. The number of nitrogens with one attached hydrogen (secondary N) is 1. The molecule has 6 N–H and O–H groups in total. The standard InChI is InChI=1S/C19H21BN4O3.CH2O2/c1-11(2)7-19(25)23-17-6-4-13(20(26)27)9-15(17)12-3-5-14-16(21)10-22-24-18(14)8-12;2-1-3/h3-6,8-11,26-27H,7H2,1-2H3,(H2,21,24)(H,23,25);1H,(H,2,3). The van der Waals surface area contributed by atoms with Crippen molar-refractivity contribution in [2.75, 3.05) is 11.1 Å². The Labute approximate surface area is 173 Å². The van der Waals surface area contributed by atoms with Crippen LogP contribution in [0.3, 0.4) is 0 Å². The van der Waals surface area contributed by atoms with E-state index >= 15 is 0 Å². The molecule has 0 aliphatic rings. The third-order valence-electron chi connectivity index (χ3n) is 4.19. The number of amides is 1. The number of nitrogens with zero attached hydrogens (tertiary/aromatic N) is 2. The van der Waals surface area contributed by atoms with Crippen LogP contribution in [0.4, 0.5) is 11.4 Å². The predicted octanol–water partition coefficient (Wildman–Crippen LogP) is 1.24. The van der Waals surface area contributed by atoms with E-state index < -0.39 is 7.12 Å². The summed E-state index contributed by atoms with van der Waals surface area (Å²) >= 11 is 0. The molecule has 0 atom stereocenters. The van der Waals surface area contributed by atoms with E-state index in [1.807, 2.05) is 26.0 Å². The number of nitrogens with two attached hydrogens (primary N) is 1. The zero-order valence-electron chi connectivity index (χ0n) is 16.6. The summed E-state index contributed by atoms with van der Waals surface area (Å²) < 4.78 is 0. The fraction of sp³-hybridized carbons (Fsp3) is 0.200. The number of carboxylic acid groups (broad SMARTS) is 1. The van der Waals surface area contributed by atoms with Crippen LogP contribution >= 0.6 is 0 Å². The Bertz CT molecular complexity index is 1040. The molecule has 0 aliphatic heterocycles. The molecule has 0 saturated heterocycles. The van der Waals surface area contributed by atoms with E-state index in [2.05, 4.69) is 15.5 Å². The average molecular weight is 410 g/mol. The maximum atomic E-state index is 12.2. The highest BCUT2D eigenvalue weighted by Crippen LogP contribution is 2.30. The van der Waals surface area contributed by atoms with Crippen molar-refractivity contribution in [3.05, 3.63) is 42.6 Å². The molecular weight excluding hydrogens is 387 g/mol. The summed E-state index contributed by atoms with van der Waals surface area (Å²) in [5.41, 5.74) is 9.38. The highest BCUT2D eigenvalue weighted by Gasteiger charge is 2.17. The van der Waals surface area contributed by atoms with Crippen LogP contribution in [0, 0.1) is 5.92 Å². The lowest BCUT2D eigenvalue weighted by Crippen LogP contribution is -2.30. The van der Waals surface area contributed by atoms with E-state index in [0.717, 1.165) is 10.9 Å². The van der Waals surface area contributed by atoms with Gasteiger partial charge in [-0.05, 0) is 35.1 Å². The zero-order chi connectivity index (χ0) is 22.3. The smallest absolute Gasteiger partial charge is 0.483 e. The highest BCUT2D eigenvalue weighted by molar-refractivity contribution is 6.58. The molecule has 0 spiro atoms. The molecule has 2 aromatic carbocycles. The summed E-state index contributed by atoms with van der Waals surface area (Å²) in [4.78, 5) is 20.6. The van der Waals surface area contributed by atoms with E-state index in [9.17, 15) is 14.8 Å². The Morgan fingerprint density at radius 3 is 2.57 bits per heavy atom. The molecule has 3 rings (SSSR count). The Morgan fingerprint density at radius 2 is 1.93 bits per heavy atom. The number of aromatic nitrogens is 2. The Hall–Kier alpha value is -3.50. The van der Waals surface area contributed by atoms with Crippen molar-refractivity contribution < 1.29 is 24.7 Å². The first-order chi connectivity index (χ1) is 14.3. The van der Waals surface area contributed by atoms with Crippen molar-refractivity contribution in [1.82, 2.24) is 10.2 Å². The summed E-state index contributed by atoms with van der Waals surface area (Å²) in [5.74, 6) is 0.124.